The van der Waals surface area contributed by atoms with Crippen LogP contribution in [-0.2, 0) is 22.2 Å². The number of carbonyl (C=O) groups is 2. The van der Waals surface area contributed by atoms with Crippen LogP contribution in [-0.4, -0.2) is 17.0 Å². The summed E-state index contributed by atoms with van der Waals surface area (Å²) in [5, 5.41) is 9.30. The molecule has 1 fully saturated rings. The van der Waals surface area contributed by atoms with Crippen molar-refractivity contribution in [1.29, 1.82) is 0 Å². The Kier molecular flexibility index (Phi) is 4.12. The van der Waals surface area contributed by atoms with E-state index in [0.717, 1.165) is 22.4 Å². The summed E-state index contributed by atoms with van der Waals surface area (Å²) in [5.74, 6) is -1.43. The average Bonchev–Trinajstić information content (AvgIpc) is 3.43. The summed E-state index contributed by atoms with van der Waals surface area (Å²) in [6.07, 6.45) is 2.29. The number of benzene rings is 3. The van der Waals surface area contributed by atoms with E-state index in [1.807, 2.05) is 36.4 Å². The minimum atomic E-state index is -1.01. The number of allylic oxidation sites excluding steroid dienone is 1. The molecule has 1 aliphatic heterocycles. The highest BCUT2D eigenvalue weighted by atomic mass is 19.1. The number of halogens is 1. The van der Waals surface area contributed by atoms with Crippen LogP contribution < -0.4 is 4.90 Å². The summed E-state index contributed by atoms with van der Waals surface area (Å²) in [6.45, 7) is 4.27. The first kappa shape index (κ1) is 19.2. The van der Waals surface area contributed by atoms with Gasteiger partial charge in [0.1, 0.15) is 5.82 Å². The molecule has 2 atom stereocenters. The third-order valence-corrected chi connectivity index (χ3v) is 6.65. The second kappa shape index (κ2) is 6.64. The van der Waals surface area contributed by atoms with E-state index in [1.165, 1.54) is 18.2 Å². The molecule has 1 amide bonds. The third-order valence-electron chi connectivity index (χ3n) is 6.65. The minimum absolute atomic E-state index is 0.0708. The maximum absolute atomic E-state index is 14.0. The number of nitrogens with zero attached hydrogens (tertiary/aromatic N) is 1. The van der Waals surface area contributed by atoms with Crippen LogP contribution in [0.4, 0.5) is 10.1 Å². The van der Waals surface area contributed by atoms with Gasteiger partial charge in [-0.25, -0.2) is 9.18 Å². The van der Waals surface area contributed by atoms with E-state index < -0.39 is 16.8 Å². The average molecular weight is 413 g/mol. The summed E-state index contributed by atoms with van der Waals surface area (Å²) < 4.78 is 14.0. The fraction of sp³-hybridized carbons (Fsp3) is 0.154. The van der Waals surface area contributed by atoms with Crippen LogP contribution >= 0.6 is 0 Å². The first-order chi connectivity index (χ1) is 14.9. The van der Waals surface area contributed by atoms with E-state index in [4.69, 9.17) is 0 Å². The van der Waals surface area contributed by atoms with E-state index in [1.54, 1.807) is 29.2 Å². The molecule has 1 heterocycles. The molecule has 2 aliphatic rings. The van der Waals surface area contributed by atoms with E-state index in [9.17, 15) is 19.1 Å². The van der Waals surface area contributed by atoms with Crippen molar-refractivity contribution < 1.29 is 19.1 Å². The number of carboxylic acids is 1. The number of hydrogen-bond acceptors (Lipinski definition) is 2. The monoisotopic (exact) mass is 413 g/mol. The van der Waals surface area contributed by atoms with E-state index in [2.05, 4.69) is 6.58 Å². The van der Waals surface area contributed by atoms with Crippen molar-refractivity contribution in [2.45, 2.75) is 23.8 Å². The molecule has 5 heteroatoms. The number of fused-ring (bicyclic) bond motifs is 2. The van der Waals surface area contributed by atoms with Gasteiger partial charge in [0.15, 0.2) is 0 Å². The first-order valence-corrected chi connectivity index (χ1v) is 10.1. The number of para-hydroxylation sites is 1. The van der Waals surface area contributed by atoms with Crippen LogP contribution in [0, 0.1) is 5.82 Å². The molecular formula is C26H20FNO3. The van der Waals surface area contributed by atoms with Crippen molar-refractivity contribution in [2.24, 2.45) is 0 Å². The SMILES string of the molecule is C=CC1(c2cccc(F)c2)CC12C(=O)N(Cc1cccc(C(=O)O)c1)c1ccccc12. The zero-order valence-electron chi connectivity index (χ0n) is 16.7. The van der Waals surface area contributed by atoms with Gasteiger partial charge in [0.05, 0.1) is 17.5 Å². The molecule has 1 saturated carbocycles. The van der Waals surface area contributed by atoms with Crippen LogP contribution in [0.15, 0.2) is 85.5 Å². The Morgan fingerprint density at radius 3 is 2.61 bits per heavy atom. The molecule has 1 spiro atoms. The minimum Gasteiger partial charge on any atom is -0.478 e. The lowest BCUT2D eigenvalue weighted by molar-refractivity contribution is -0.120. The molecule has 2 unspecified atom stereocenters. The molecule has 0 saturated heterocycles. The van der Waals surface area contributed by atoms with Gasteiger partial charge in [-0.15, -0.1) is 6.58 Å². The number of carboxylic acid groups (broad SMARTS) is 1. The van der Waals surface area contributed by atoms with Crippen LogP contribution in [0.1, 0.15) is 33.5 Å². The number of carbonyl (C=O) groups excluding carboxylic acids is 1. The molecule has 154 valence electrons. The quantitative estimate of drug-likeness (QED) is 0.609. The molecule has 1 N–H and O–H groups in total. The van der Waals surface area contributed by atoms with E-state index >= 15 is 0 Å². The lowest BCUT2D eigenvalue weighted by atomic mass is 9.82. The molecule has 0 bridgehead atoms. The van der Waals surface area contributed by atoms with Crippen molar-refractivity contribution in [2.75, 3.05) is 4.90 Å². The lowest BCUT2D eigenvalue weighted by Crippen LogP contribution is -2.35. The fourth-order valence-corrected chi connectivity index (χ4v) is 5.12. The van der Waals surface area contributed by atoms with E-state index in [-0.39, 0.29) is 23.8 Å². The number of anilines is 1. The van der Waals surface area contributed by atoms with Crippen LogP contribution in [0.2, 0.25) is 0 Å². The highest BCUT2D eigenvalue weighted by Crippen LogP contribution is 2.71. The zero-order chi connectivity index (χ0) is 21.8. The number of hydrogen-bond donors (Lipinski definition) is 1. The van der Waals surface area contributed by atoms with Gasteiger partial charge in [0.25, 0.3) is 0 Å². The van der Waals surface area contributed by atoms with Crippen molar-refractivity contribution in [3.63, 3.8) is 0 Å². The van der Waals surface area contributed by atoms with Gasteiger partial charge < -0.3 is 10.0 Å². The third kappa shape index (κ3) is 2.59. The van der Waals surface area contributed by atoms with Crippen LogP contribution in [0.3, 0.4) is 0 Å². The second-order valence-corrected chi connectivity index (χ2v) is 8.18. The van der Waals surface area contributed by atoms with Gasteiger partial charge in [-0.05, 0) is 53.4 Å². The van der Waals surface area contributed by atoms with Gasteiger partial charge in [-0.3, -0.25) is 4.79 Å². The molecular weight excluding hydrogens is 393 g/mol. The second-order valence-electron chi connectivity index (χ2n) is 8.18. The Hall–Kier alpha value is -3.73. The Bertz CT molecular complexity index is 1250. The molecule has 31 heavy (non-hydrogen) atoms. The summed E-state index contributed by atoms with van der Waals surface area (Å²) in [6, 6.07) is 20.6. The largest absolute Gasteiger partial charge is 0.478 e. The summed E-state index contributed by atoms with van der Waals surface area (Å²) in [7, 11) is 0. The summed E-state index contributed by atoms with van der Waals surface area (Å²) in [4.78, 5) is 26.9. The maximum Gasteiger partial charge on any atom is 0.335 e. The number of rotatable bonds is 5. The highest BCUT2D eigenvalue weighted by molar-refractivity contribution is 6.12. The van der Waals surface area contributed by atoms with Crippen molar-refractivity contribution in [3.8, 4) is 0 Å². The molecule has 1 aliphatic carbocycles. The van der Waals surface area contributed by atoms with Crippen LogP contribution in [0.5, 0.6) is 0 Å². The molecule has 3 aromatic carbocycles. The standard InChI is InChI=1S/C26H20FNO3/c1-2-25(19-9-6-10-20(27)14-19)16-26(25)21-11-3-4-12-22(21)28(24(26)31)15-17-7-5-8-18(13-17)23(29)30/h2-14H,1,15-16H2,(H,29,30). The molecule has 0 aromatic heterocycles. The maximum atomic E-state index is 14.0. The number of aromatic carboxylic acids is 1. The van der Waals surface area contributed by atoms with Crippen molar-refractivity contribution in [3.05, 3.63) is 114 Å². The Balaban J connectivity index is 1.59. The van der Waals surface area contributed by atoms with Crippen molar-refractivity contribution in [1.82, 2.24) is 0 Å². The fourth-order valence-electron chi connectivity index (χ4n) is 5.12. The zero-order valence-corrected chi connectivity index (χ0v) is 16.7. The molecule has 3 aromatic rings. The lowest BCUT2D eigenvalue weighted by Gasteiger charge is -2.21. The molecule has 5 rings (SSSR count). The summed E-state index contributed by atoms with van der Waals surface area (Å²) in [5.41, 5.74) is 1.84. The Morgan fingerprint density at radius 1 is 1.10 bits per heavy atom. The normalized spacial score (nSPS) is 23.6. The van der Waals surface area contributed by atoms with E-state index in [0.29, 0.717) is 6.42 Å². The predicted molar refractivity (Wildman–Crippen MR) is 116 cm³/mol. The van der Waals surface area contributed by atoms with Gasteiger partial charge in [-0.1, -0.05) is 48.5 Å². The first-order valence-electron chi connectivity index (χ1n) is 10.1. The van der Waals surface area contributed by atoms with Crippen LogP contribution in [0.25, 0.3) is 0 Å². The number of amides is 1. The van der Waals surface area contributed by atoms with Gasteiger partial charge in [0.2, 0.25) is 5.91 Å². The Labute approximate surface area is 179 Å². The van der Waals surface area contributed by atoms with Gasteiger partial charge >= 0.3 is 5.97 Å². The van der Waals surface area contributed by atoms with Gasteiger partial charge in [-0.2, -0.15) is 0 Å². The predicted octanol–water partition coefficient (Wildman–Crippen LogP) is 4.84. The van der Waals surface area contributed by atoms with Gasteiger partial charge in [0, 0.05) is 11.1 Å². The molecule has 0 radical (unpaired) electrons. The Morgan fingerprint density at radius 2 is 1.87 bits per heavy atom. The molecule has 4 nitrogen and oxygen atoms in total. The smallest absolute Gasteiger partial charge is 0.335 e. The highest BCUT2D eigenvalue weighted by Gasteiger charge is 2.75. The van der Waals surface area contributed by atoms with Crippen molar-refractivity contribution >= 4 is 17.6 Å². The topological polar surface area (TPSA) is 57.6 Å². The summed E-state index contributed by atoms with van der Waals surface area (Å²) >= 11 is 0.